The van der Waals surface area contributed by atoms with E-state index in [9.17, 15) is 8.42 Å². The second-order valence-electron chi connectivity index (χ2n) is 5.56. The summed E-state index contributed by atoms with van der Waals surface area (Å²) in [7, 11) is 0.871. The van der Waals surface area contributed by atoms with Gasteiger partial charge in [0.25, 0.3) is 9.05 Å². The summed E-state index contributed by atoms with van der Waals surface area (Å²) in [5.74, 6) is 0. The molecule has 1 aromatic carbocycles. The van der Waals surface area contributed by atoms with Crippen LogP contribution in [-0.4, -0.2) is 26.7 Å². The Balaban J connectivity index is 2.47. The van der Waals surface area contributed by atoms with Crippen molar-refractivity contribution in [3.63, 3.8) is 0 Å². The van der Waals surface area contributed by atoms with E-state index in [2.05, 4.69) is 0 Å². The van der Waals surface area contributed by atoms with E-state index in [0.29, 0.717) is 5.46 Å². The summed E-state index contributed by atoms with van der Waals surface area (Å²) < 4.78 is 34.9. The third kappa shape index (κ3) is 2.67. The van der Waals surface area contributed by atoms with E-state index in [1.165, 1.54) is 6.07 Å². The van der Waals surface area contributed by atoms with Crippen LogP contribution in [0.3, 0.4) is 0 Å². The number of halogens is 1. The van der Waals surface area contributed by atoms with Crippen molar-refractivity contribution in [2.45, 2.75) is 43.8 Å². The van der Waals surface area contributed by atoms with Crippen molar-refractivity contribution in [3.8, 4) is 0 Å². The first-order valence-corrected chi connectivity index (χ1v) is 8.25. The van der Waals surface area contributed by atoms with Crippen LogP contribution in [0.25, 0.3) is 0 Å². The zero-order valence-corrected chi connectivity index (χ0v) is 12.9. The molecule has 0 aliphatic carbocycles. The largest absolute Gasteiger partial charge is 0.496 e. The van der Waals surface area contributed by atoms with Gasteiger partial charge in [-0.1, -0.05) is 18.2 Å². The van der Waals surface area contributed by atoms with Crippen molar-refractivity contribution in [1.29, 1.82) is 0 Å². The monoisotopic (exact) mass is 302 g/mol. The van der Waals surface area contributed by atoms with E-state index in [4.69, 9.17) is 20.0 Å². The Morgan fingerprint density at radius 2 is 1.53 bits per heavy atom. The molecule has 1 aliphatic rings. The van der Waals surface area contributed by atoms with Crippen LogP contribution in [0.15, 0.2) is 29.2 Å². The predicted octanol–water partition coefficient (Wildman–Crippen LogP) is 1.91. The van der Waals surface area contributed by atoms with Crippen LogP contribution in [-0.2, 0) is 18.4 Å². The molecule has 104 valence electrons. The van der Waals surface area contributed by atoms with Gasteiger partial charge >= 0.3 is 7.12 Å². The van der Waals surface area contributed by atoms with Crippen LogP contribution < -0.4 is 5.46 Å². The first kappa shape index (κ1) is 14.8. The van der Waals surface area contributed by atoms with Crippen LogP contribution in [0.2, 0.25) is 0 Å². The molecule has 0 radical (unpaired) electrons. The smallest absolute Gasteiger partial charge is 0.399 e. The van der Waals surface area contributed by atoms with Gasteiger partial charge < -0.3 is 9.31 Å². The van der Waals surface area contributed by atoms with Gasteiger partial charge in [-0.2, -0.15) is 0 Å². The van der Waals surface area contributed by atoms with E-state index in [-0.39, 0.29) is 4.90 Å². The van der Waals surface area contributed by atoms with E-state index >= 15 is 0 Å². The zero-order valence-electron chi connectivity index (χ0n) is 11.3. The third-order valence-corrected chi connectivity index (χ3v) is 5.08. The first-order chi connectivity index (χ1) is 8.55. The molecule has 0 spiro atoms. The van der Waals surface area contributed by atoms with Crippen molar-refractivity contribution in [2.75, 3.05) is 0 Å². The molecule has 0 aromatic heterocycles. The highest BCUT2D eigenvalue weighted by atomic mass is 35.7. The lowest BCUT2D eigenvalue weighted by atomic mass is 9.79. The summed E-state index contributed by atoms with van der Waals surface area (Å²) in [5.41, 5.74) is -0.627. The normalized spacial score (nSPS) is 21.6. The molecule has 0 amide bonds. The lowest BCUT2D eigenvalue weighted by molar-refractivity contribution is 0.00578. The molecule has 1 fully saturated rings. The Kier molecular flexibility index (Phi) is 3.50. The number of hydrogen-bond acceptors (Lipinski definition) is 4. The average Bonchev–Trinajstić information content (AvgIpc) is 2.47. The van der Waals surface area contributed by atoms with E-state index < -0.39 is 27.4 Å². The van der Waals surface area contributed by atoms with Crippen LogP contribution in [0.5, 0.6) is 0 Å². The average molecular weight is 303 g/mol. The Hall–Kier alpha value is -0.555. The van der Waals surface area contributed by atoms with Gasteiger partial charge in [0.05, 0.1) is 16.1 Å². The Labute approximate surface area is 118 Å². The summed E-state index contributed by atoms with van der Waals surface area (Å²) >= 11 is 0. The third-order valence-electron chi connectivity index (χ3n) is 3.69. The highest BCUT2D eigenvalue weighted by Crippen LogP contribution is 2.37. The molecular weight excluding hydrogens is 286 g/mol. The molecule has 0 unspecified atom stereocenters. The van der Waals surface area contributed by atoms with Crippen molar-refractivity contribution in [2.24, 2.45) is 0 Å². The summed E-state index contributed by atoms with van der Waals surface area (Å²) in [6.07, 6.45) is 0. The Bertz CT molecular complexity index is 582. The summed E-state index contributed by atoms with van der Waals surface area (Å²) in [6, 6.07) is 6.44. The summed E-state index contributed by atoms with van der Waals surface area (Å²) in [4.78, 5) is 0.0233. The fraction of sp³-hybridized carbons (Fsp3) is 0.500. The molecule has 1 aliphatic heterocycles. The van der Waals surface area contributed by atoms with Crippen molar-refractivity contribution >= 4 is 32.3 Å². The second-order valence-corrected chi connectivity index (χ2v) is 8.10. The molecule has 4 nitrogen and oxygen atoms in total. The van der Waals surface area contributed by atoms with Crippen LogP contribution in [0.1, 0.15) is 27.7 Å². The lowest BCUT2D eigenvalue weighted by Crippen LogP contribution is -2.41. The molecule has 0 saturated carbocycles. The maximum atomic E-state index is 11.6. The van der Waals surface area contributed by atoms with E-state index in [1.54, 1.807) is 18.2 Å². The molecule has 1 aromatic rings. The highest BCUT2D eigenvalue weighted by molar-refractivity contribution is 8.14. The standard InChI is InChI=1S/C12H16BClO4S/c1-11(2)12(3,4)18-13(17-11)9-7-5-6-8-10(9)19(14,15)16/h5-8H,1-4H3. The highest BCUT2D eigenvalue weighted by Gasteiger charge is 2.52. The first-order valence-electron chi connectivity index (χ1n) is 5.94. The fourth-order valence-corrected chi connectivity index (χ4v) is 2.98. The molecule has 7 heteroatoms. The van der Waals surface area contributed by atoms with Crippen molar-refractivity contribution < 1.29 is 17.7 Å². The van der Waals surface area contributed by atoms with Crippen molar-refractivity contribution in [3.05, 3.63) is 24.3 Å². The topological polar surface area (TPSA) is 52.6 Å². The Morgan fingerprint density at radius 3 is 2.00 bits per heavy atom. The van der Waals surface area contributed by atoms with Crippen LogP contribution in [0, 0.1) is 0 Å². The molecule has 1 heterocycles. The van der Waals surface area contributed by atoms with Crippen molar-refractivity contribution in [1.82, 2.24) is 0 Å². The predicted molar refractivity (Wildman–Crippen MR) is 75.2 cm³/mol. The van der Waals surface area contributed by atoms with Gasteiger partial charge in [0.2, 0.25) is 0 Å². The lowest BCUT2D eigenvalue weighted by Gasteiger charge is -2.32. The minimum Gasteiger partial charge on any atom is -0.399 e. The van der Waals surface area contributed by atoms with Gasteiger partial charge in [0.1, 0.15) is 0 Å². The molecular formula is C12H16BClO4S. The second kappa shape index (κ2) is 4.48. The summed E-state index contributed by atoms with van der Waals surface area (Å²) in [5, 5.41) is 0. The van der Waals surface area contributed by atoms with Gasteiger partial charge in [-0.05, 0) is 33.8 Å². The van der Waals surface area contributed by atoms with Gasteiger partial charge in [0.15, 0.2) is 0 Å². The van der Waals surface area contributed by atoms with Crippen LogP contribution >= 0.6 is 10.7 Å². The van der Waals surface area contributed by atoms with E-state index in [0.717, 1.165) is 0 Å². The number of hydrogen-bond donors (Lipinski definition) is 0. The summed E-state index contributed by atoms with van der Waals surface area (Å²) in [6.45, 7) is 7.63. The molecule has 2 rings (SSSR count). The zero-order chi connectivity index (χ0) is 14.5. The molecule has 0 bridgehead atoms. The number of rotatable bonds is 2. The van der Waals surface area contributed by atoms with Gasteiger partial charge in [0, 0.05) is 16.1 Å². The maximum absolute atomic E-state index is 11.6. The Morgan fingerprint density at radius 1 is 1.05 bits per heavy atom. The van der Waals surface area contributed by atoms with E-state index in [1.807, 2.05) is 27.7 Å². The molecule has 19 heavy (non-hydrogen) atoms. The fourth-order valence-electron chi connectivity index (χ4n) is 1.87. The maximum Gasteiger partial charge on any atom is 0.496 e. The molecule has 1 saturated heterocycles. The minimum absolute atomic E-state index is 0.0233. The van der Waals surface area contributed by atoms with Gasteiger partial charge in [-0.3, -0.25) is 0 Å². The SMILES string of the molecule is CC1(C)OB(c2ccccc2S(=O)(=O)Cl)OC1(C)C. The van der Waals surface area contributed by atoms with Gasteiger partial charge in [-0.15, -0.1) is 0 Å². The molecule has 0 N–H and O–H groups in total. The van der Waals surface area contributed by atoms with Gasteiger partial charge in [-0.25, -0.2) is 8.42 Å². The minimum atomic E-state index is -3.83. The number of benzene rings is 1. The quantitative estimate of drug-likeness (QED) is 0.618. The van der Waals surface area contributed by atoms with Crippen LogP contribution in [0.4, 0.5) is 0 Å². The molecule has 0 atom stereocenters.